The van der Waals surface area contributed by atoms with Gasteiger partial charge >= 0.3 is 11.9 Å². The van der Waals surface area contributed by atoms with Crippen molar-refractivity contribution in [1.82, 2.24) is 0 Å². The molecule has 1 fully saturated rings. The molecule has 0 aliphatic carbocycles. The first-order valence-corrected chi connectivity index (χ1v) is 8.22. The zero-order valence-corrected chi connectivity index (χ0v) is 15.6. The van der Waals surface area contributed by atoms with E-state index in [9.17, 15) is 29.8 Å². The fraction of sp³-hybridized carbons (Fsp3) is 0.867. The molecule has 0 radical (unpaired) electrons. The van der Waals surface area contributed by atoms with Crippen LogP contribution in [-0.2, 0) is 28.5 Å². The van der Waals surface area contributed by atoms with Crippen LogP contribution < -0.4 is 0 Å². The van der Waals surface area contributed by atoms with Crippen LogP contribution in [0.5, 0.6) is 0 Å². The summed E-state index contributed by atoms with van der Waals surface area (Å²) >= 11 is 0. The van der Waals surface area contributed by atoms with E-state index >= 15 is 0 Å². The number of ether oxygens (including phenoxy) is 4. The molecule has 154 valence electrons. The summed E-state index contributed by atoms with van der Waals surface area (Å²) in [6, 6.07) is 0. The van der Waals surface area contributed by atoms with Crippen molar-refractivity contribution < 1.29 is 38.4 Å². The first-order valence-electron chi connectivity index (χ1n) is 8.22. The van der Waals surface area contributed by atoms with E-state index in [1.165, 1.54) is 0 Å². The van der Waals surface area contributed by atoms with Crippen molar-refractivity contribution in [3.8, 4) is 0 Å². The summed E-state index contributed by atoms with van der Waals surface area (Å²) in [5, 5.41) is 22.1. The van der Waals surface area contributed by atoms with Gasteiger partial charge in [-0.1, -0.05) is 0 Å². The first kappa shape index (κ1) is 22.7. The molecule has 0 bridgehead atoms. The topological polar surface area (TPSA) is 157 Å². The summed E-state index contributed by atoms with van der Waals surface area (Å²) in [6.45, 7) is 1.84. The van der Waals surface area contributed by atoms with Crippen LogP contribution >= 0.6 is 0 Å². The van der Waals surface area contributed by atoms with Crippen LogP contribution in [0.15, 0.2) is 0 Å². The molecule has 0 aromatic heterocycles. The second-order valence-corrected chi connectivity index (χ2v) is 6.68. The lowest BCUT2D eigenvalue weighted by Gasteiger charge is -2.26. The van der Waals surface area contributed by atoms with Gasteiger partial charge in [-0.25, -0.2) is 0 Å². The highest BCUT2D eigenvalue weighted by Gasteiger charge is 2.51. The summed E-state index contributed by atoms with van der Waals surface area (Å²) in [4.78, 5) is 44.2. The van der Waals surface area contributed by atoms with Crippen LogP contribution in [0.3, 0.4) is 0 Å². The van der Waals surface area contributed by atoms with Gasteiger partial charge in [0.2, 0.25) is 13.1 Å². The van der Waals surface area contributed by atoms with Crippen molar-refractivity contribution in [3.05, 3.63) is 20.2 Å². The third-order valence-corrected chi connectivity index (χ3v) is 4.17. The van der Waals surface area contributed by atoms with Gasteiger partial charge in [0.25, 0.3) is 0 Å². The molecule has 0 aromatic carbocycles. The summed E-state index contributed by atoms with van der Waals surface area (Å²) in [5.74, 6) is -4.48. The molecule has 0 aromatic rings. The molecular formula is C15H24N2O10. The van der Waals surface area contributed by atoms with Crippen molar-refractivity contribution in [2.75, 3.05) is 27.3 Å². The van der Waals surface area contributed by atoms with E-state index < -0.39 is 64.7 Å². The van der Waals surface area contributed by atoms with Crippen molar-refractivity contribution in [2.24, 2.45) is 11.8 Å². The predicted octanol–water partition coefficient (Wildman–Crippen LogP) is 0.419. The van der Waals surface area contributed by atoms with Gasteiger partial charge in [-0.3, -0.25) is 29.8 Å². The molecular weight excluding hydrogens is 368 g/mol. The fourth-order valence-electron chi connectivity index (χ4n) is 3.09. The Bertz CT molecular complexity index is 531. The Kier molecular flexibility index (Phi) is 8.03. The molecule has 1 aliphatic rings. The molecule has 0 spiro atoms. The second kappa shape index (κ2) is 9.55. The Morgan fingerprint density at radius 1 is 0.926 bits per heavy atom. The Balaban J connectivity index is 3.19. The second-order valence-electron chi connectivity index (χ2n) is 6.68. The van der Waals surface area contributed by atoms with Crippen LogP contribution in [0, 0.1) is 32.1 Å². The van der Waals surface area contributed by atoms with Gasteiger partial charge in [0, 0.05) is 9.85 Å². The van der Waals surface area contributed by atoms with Crippen LogP contribution in [0.2, 0.25) is 0 Å². The van der Waals surface area contributed by atoms with Crippen LogP contribution in [-0.4, -0.2) is 67.1 Å². The van der Waals surface area contributed by atoms with Crippen LogP contribution in [0.4, 0.5) is 0 Å². The maximum atomic E-state index is 11.7. The SMILES string of the molecule is COC(=O)C[C@H](C[N+](=O)[O-])[C@H]1OC(C)(C)O[C@@H]1[C@H](CC(=O)OC)C[N+](=O)[O-]. The molecule has 1 heterocycles. The average Bonchev–Trinajstić information content (AvgIpc) is 2.88. The van der Waals surface area contributed by atoms with Gasteiger partial charge in [0.05, 0.1) is 51.1 Å². The minimum Gasteiger partial charge on any atom is -0.469 e. The third-order valence-electron chi connectivity index (χ3n) is 4.17. The molecule has 1 rings (SSSR count). The van der Waals surface area contributed by atoms with E-state index in [2.05, 4.69) is 9.47 Å². The van der Waals surface area contributed by atoms with Crippen molar-refractivity contribution in [3.63, 3.8) is 0 Å². The molecule has 0 unspecified atom stereocenters. The third kappa shape index (κ3) is 7.06. The summed E-state index contributed by atoms with van der Waals surface area (Å²) in [5.41, 5.74) is 0. The highest BCUT2D eigenvalue weighted by Crippen LogP contribution is 2.38. The molecule has 0 N–H and O–H groups in total. The fourth-order valence-corrected chi connectivity index (χ4v) is 3.09. The lowest BCUT2D eigenvalue weighted by atomic mass is 9.86. The molecule has 1 aliphatic heterocycles. The quantitative estimate of drug-likeness (QED) is 0.290. The monoisotopic (exact) mass is 392 g/mol. The number of hydrogen-bond acceptors (Lipinski definition) is 10. The van der Waals surface area contributed by atoms with Crippen LogP contribution in [0.25, 0.3) is 0 Å². The van der Waals surface area contributed by atoms with E-state index in [-0.39, 0.29) is 12.8 Å². The van der Waals surface area contributed by atoms with E-state index in [4.69, 9.17) is 9.47 Å². The van der Waals surface area contributed by atoms with Crippen molar-refractivity contribution in [2.45, 2.75) is 44.7 Å². The molecule has 27 heavy (non-hydrogen) atoms. The van der Waals surface area contributed by atoms with Gasteiger partial charge < -0.3 is 18.9 Å². The average molecular weight is 392 g/mol. The molecule has 12 nitrogen and oxygen atoms in total. The van der Waals surface area contributed by atoms with Gasteiger partial charge in [-0.2, -0.15) is 0 Å². The smallest absolute Gasteiger partial charge is 0.306 e. The summed E-state index contributed by atoms with van der Waals surface area (Å²) in [6.07, 6.45) is -2.69. The number of carbonyl (C=O) groups excluding carboxylic acids is 2. The Hall–Kier alpha value is -2.34. The minimum atomic E-state index is -1.20. The molecule has 0 amide bonds. The lowest BCUT2D eigenvalue weighted by Crippen LogP contribution is -2.43. The summed E-state index contributed by atoms with van der Waals surface area (Å²) in [7, 11) is 2.29. The van der Waals surface area contributed by atoms with Gasteiger partial charge in [0.15, 0.2) is 5.79 Å². The minimum absolute atomic E-state index is 0.332. The first-order chi connectivity index (χ1) is 12.5. The number of esters is 2. The highest BCUT2D eigenvalue weighted by molar-refractivity contribution is 5.70. The number of methoxy groups -OCH3 is 2. The van der Waals surface area contributed by atoms with E-state index in [0.717, 1.165) is 14.2 Å². The van der Waals surface area contributed by atoms with E-state index in [0.29, 0.717) is 0 Å². The normalized spacial score (nSPS) is 23.3. The number of carbonyl (C=O) groups is 2. The van der Waals surface area contributed by atoms with Gasteiger partial charge in [-0.05, 0) is 13.8 Å². The van der Waals surface area contributed by atoms with E-state index in [1.54, 1.807) is 13.8 Å². The highest BCUT2D eigenvalue weighted by atomic mass is 16.8. The maximum absolute atomic E-state index is 11.7. The number of nitrogens with zero attached hydrogens (tertiary/aromatic N) is 2. The molecule has 0 saturated carbocycles. The Labute approximate surface area is 155 Å². The number of nitro groups is 2. The zero-order valence-electron chi connectivity index (χ0n) is 15.6. The standard InChI is InChI=1S/C15H24N2O10/c1-15(2)26-13(9(7-16(20)21)5-11(18)24-3)14(27-15)10(8-17(22)23)6-12(19)25-4/h9-10,13-14H,5-8H2,1-4H3/t9-,10-,13-,14-/m1/s1. The molecule has 12 heteroatoms. The van der Waals surface area contributed by atoms with Gasteiger partial charge in [0.1, 0.15) is 0 Å². The molecule has 1 saturated heterocycles. The molecule has 4 atom stereocenters. The maximum Gasteiger partial charge on any atom is 0.306 e. The van der Waals surface area contributed by atoms with Gasteiger partial charge in [-0.15, -0.1) is 0 Å². The largest absolute Gasteiger partial charge is 0.469 e. The predicted molar refractivity (Wildman–Crippen MR) is 87.8 cm³/mol. The van der Waals surface area contributed by atoms with Crippen molar-refractivity contribution in [1.29, 1.82) is 0 Å². The number of hydrogen-bond donors (Lipinski definition) is 0. The Morgan fingerprint density at radius 2 is 1.26 bits per heavy atom. The zero-order chi connectivity index (χ0) is 20.8. The van der Waals surface area contributed by atoms with Crippen LogP contribution in [0.1, 0.15) is 26.7 Å². The summed E-state index contributed by atoms with van der Waals surface area (Å²) < 4.78 is 20.6. The van der Waals surface area contributed by atoms with E-state index in [1.807, 2.05) is 0 Å². The Morgan fingerprint density at radius 3 is 1.52 bits per heavy atom. The van der Waals surface area contributed by atoms with Crippen molar-refractivity contribution >= 4 is 11.9 Å². The number of rotatable bonds is 10. The lowest BCUT2D eigenvalue weighted by molar-refractivity contribution is -0.494.